The molecule has 1 aromatic rings. The Morgan fingerprint density at radius 1 is 1.38 bits per heavy atom. The van der Waals surface area contributed by atoms with Crippen LogP contribution in [-0.4, -0.2) is 21.0 Å². The minimum absolute atomic E-state index is 0.0124. The SMILES string of the molecule is CCOC(=O)c1ccccc1OS(N)(=O)=O. The molecule has 0 amide bonds. The predicted octanol–water partition coefficient (Wildman–Crippen LogP) is 0.446. The van der Waals surface area contributed by atoms with E-state index in [2.05, 4.69) is 4.18 Å². The highest BCUT2D eigenvalue weighted by Crippen LogP contribution is 2.19. The van der Waals surface area contributed by atoms with Gasteiger partial charge in [-0.25, -0.2) is 4.79 Å². The molecule has 0 unspecified atom stereocenters. The highest BCUT2D eigenvalue weighted by molar-refractivity contribution is 7.84. The average molecular weight is 245 g/mol. The normalized spacial score (nSPS) is 10.9. The van der Waals surface area contributed by atoms with Crippen molar-refractivity contribution < 1.29 is 22.1 Å². The monoisotopic (exact) mass is 245 g/mol. The van der Waals surface area contributed by atoms with Crippen LogP contribution in [0, 0.1) is 0 Å². The molecule has 16 heavy (non-hydrogen) atoms. The Kier molecular flexibility index (Phi) is 3.86. The zero-order chi connectivity index (χ0) is 12.2. The van der Waals surface area contributed by atoms with E-state index in [4.69, 9.17) is 9.88 Å². The molecular formula is C9H11NO5S. The fourth-order valence-corrected chi connectivity index (χ4v) is 1.44. The van der Waals surface area contributed by atoms with Gasteiger partial charge in [-0.1, -0.05) is 12.1 Å². The van der Waals surface area contributed by atoms with Gasteiger partial charge in [0, 0.05) is 0 Å². The first-order valence-electron chi connectivity index (χ1n) is 4.42. The minimum atomic E-state index is -4.16. The lowest BCUT2D eigenvalue weighted by atomic mass is 10.2. The number of para-hydroxylation sites is 1. The van der Waals surface area contributed by atoms with Gasteiger partial charge >= 0.3 is 16.3 Å². The summed E-state index contributed by atoms with van der Waals surface area (Å²) in [6, 6.07) is 5.78. The maximum atomic E-state index is 11.4. The fourth-order valence-electron chi connectivity index (χ4n) is 1.04. The Labute approximate surface area is 93.2 Å². The molecule has 0 heterocycles. The highest BCUT2D eigenvalue weighted by Gasteiger charge is 2.16. The van der Waals surface area contributed by atoms with E-state index in [-0.39, 0.29) is 17.9 Å². The van der Waals surface area contributed by atoms with Crippen LogP contribution in [0.3, 0.4) is 0 Å². The van der Waals surface area contributed by atoms with E-state index in [1.54, 1.807) is 13.0 Å². The van der Waals surface area contributed by atoms with Crippen molar-refractivity contribution in [3.05, 3.63) is 29.8 Å². The number of ether oxygens (including phenoxy) is 1. The van der Waals surface area contributed by atoms with E-state index in [1.807, 2.05) is 0 Å². The maximum Gasteiger partial charge on any atom is 0.380 e. The van der Waals surface area contributed by atoms with E-state index < -0.39 is 16.3 Å². The molecule has 0 radical (unpaired) electrons. The average Bonchev–Trinajstić information content (AvgIpc) is 2.16. The Hall–Kier alpha value is -1.60. The Morgan fingerprint density at radius 2 is 2.00 bits per heavy atom. The van der Waals surface area contributed by atoms with Crippen molar-refractivity contribution in [3.8, 4) is 5.75 Å². The molecule has 88 valence electrons. The molecule has 0 spiro atoms. The molecule has 0 saturated heterocycles. The first kappa shape index (κ1) is 12.5. The zero-order valence-corrected chi connectivity index (χ0v) is 9.36. The summed E-state index contributed by atoms with van der Waals surface area (Å²) in [5.74, 6) is -0.815. The van der Waals surface area contributed by atoms with E-state index >= 15 is 0 Å². The second-order valence-corrected chi connectivity index (χ2v) is 3.95. The molecule has 7 heteroatoms. The lowest BCUT2D eigenvalue weighted by Gasteiger charge is -2.07. The molecule has 0 aliphatic heterocycles. The molecule has 0 aliphatic carbocycles. The number of esters is 1. The van der Waals surface area contributed by atoms with Crippen LogP contribution in [0.5, 0.6) is 5.75 Å². The van der Waals surface area contributed by atoms with Crippen molar-refractivity contribution in [1.29, 1.82) is 0 Å². The molecule has 6 nitrogen and oxygen atoms in total. The smallest absolute Gasteiger partial charge is 0.380 e. The van der Waals surface area contributed by atoms with Gasteiger partial charge in [0.2, 0.25) is 0 Å². The van der Waals surface area contributed by atoms with Gasteiger partial charge < -0.3 is 8.92 Å². The van der Waals surface area contributed by atoms with Crippen LogP contribution in [0.25, 0.3) is 0 Å². The van der Waals surface area contributed by atoms with Gasteiger partial charge in [-0.15, -0.1) is 0 Å². The van der Waals surface area contributed by atoms with Crippen LogP contribution in [0.2, 0.25) is 0 Å². The van der Waals surface area contributed by atoms with Crippen molar-refractivity contribution in [2.45, 2.75) is 6.92 Å². The van der Waals surface area contributed by atoms with Gasteiger partial charge in [0.05, 0.1) is 6.61 Å². The number of nitrogens with two attached hydrogens (primary N) is 1. The Morgan fingerprint density at radius 3 is 2.56 bits per heavy atom. The largest absolute Gasteiger partial charge is 0.462 e. The molecule has 0 aromatic heterocycles. The van der Waals surface area contributed by atoms with Gasteiger partial charge in [-0.2, -0.15) is 13.6 Å². The molecule has 0 aliphatic rings. The van der Waals surface area contributed by atoms with Crippen LogP contribution < -0.4 is 9.32 Å². The number of carbonyl (C=O) groups is 1. The summed E-state index contributed by atoms with van der Waals surface area (Å²) in [4.78, 5) is 11.4. The quantitative estimate of drug-likeness (QED) is 0.777. The van der Waals surface area contributed by atoms with Crippen LogP contribution in [0.1, 0.15) is 17.3 Å². The van der Waals surface area contributed by atoms with E-state index in [0.29, 0.717) is 0 Å². The highest BCUT2D eigenvalue weighted by atomic mass is 32.2. The molecular weight excluding hydrogens is 234 g/mol. The maximum absolute atomic E-state index is 11.4. The fraction of sp³-hybridized carbons (Fsp3) is 0.222. The van der Waals surface area contributed by atoms with Crippen molar-refractivity contribution in [2.24, 2.45) is 5.14 Å². The van der Waals surface area contributed by atoms with Gasteiger partial charge in [-0.3, -0.25) is 0 Å². The first-order chi connectivity index (χ1) is 7.44. The number of hydrogen-bond donors (Lipinski definition) is 1. The molecule has 0 bridgehead atoms. The summed E-state index contributed by atoms with van der Waals surface area (Å²) in [5, 5.41) is 4.71. The summed E-state index contributed by atoms with van der Waals surface area (Å²) in [7, 11) is -4.16. The zero-order valence-electron chi connectivity index (χ0n) is 8.54. The molecule has 0 fully saturated rings. The second kappa shape index (κ2) is 4.95. The third kappa shape index (κ3) is 3.52. The number of rotatable bonds is 4. The predicted molar refractivity (Wildman–Crippen MR) is 56.1 cm³/mol. The third-order valence-electron chi connectivity index (χ3n) is 1.59. The molecule has 2 N–H and O–H groups in total. The van der Waals surface area contributed by atoms with Crippen LogP contribution in [0.15, 0.2) is 24.3 Å². The summed E-state index contributed by atoms with van der Waals surface area (Å²) in [6.07, 6.45) is 0. The van der Waals surface area contributed by atoms with Gasteiger partial charge in [0.15, 0.2) is 5.75 Å². The summed E-state index contributed by atoms with van der Waals surface area (Å²) in [5.41, 5.74) is 0.0124. The van der Waals surface area contributed by atoms with Gasteiger partial charge in [0.25, 0.3) is 0 Å². The lowest BCUT2D eigenvalue weighted by Crippen LogP contribution is -2.20. The van der Waals surface area contributed by atoms with Crippen molar-refractivity contribution in [3.63, 3.8) is 0 Å². The second-order valence-electron chi connectivity index (χ2n) is 2.79. The number of benzene rings is 1. The summed E-state index contributed by atoms with van der Waals surface area (Å²) in [6.45, 7) is 1.82. The van der Waals surface area contributed by atoms with E-state index in [1.165, 1.54) is 18.2 Å². The topological polar surface area (TPSA) is 95.7 Å². The molecule has 0 atom stereocenters. The number of hydrogen-bond acceptors (Lipinski definition) is 5. The van der Waals surface area contributed by atoms with Crippen LogP contribution in [-0.2, 0) is 15.0 Å². The van der Waals surface area contributed by atoms with Crippen molar-refractivity contribution >= 4 is 16.3 Å². The van der Waals surface area contributed by atoms with E-state index in [0.717, 1.165) is 0 Å². The minimum Gasteiger partial charge on any atom is -0.462 e. The van der Waals surface area contributed by atoms with Gasteiger partial charge in [0.1, 0.15) is 5.56 Å². The molecule has 0 saturated carbocycles. The Bertz CT molecular complexity index is 482. The van der Waals surface area contributed by atoms with Crippen LogP contribution >= 0.6 is 0 Å². The summed E-state index contributed by atoms with van der Waals surface area (Å²) < 4.78 is 30.7. The third-order valence-corrected chi connectivity index (χ3v) is 2.00. The lowest BCUT2D eigenvalue weighted by molar-refractivity contribution is 0.0524. The first-order valence-corrected chi connectivity index (χ1v) is 5.89. The van der Waals surface area contributed by atoms with E-state index in [9.17, 15) is 13.2 Å². The van der Waals surface area contributed by atoms with Gasteiger partial charge in [-0.05, 0) is 19.1 Å². The summed E-state index contributed by atoms with van der Waals surface area (Å²) >= 11 is 0. The molecule has 1 rings (SSSR count). The Balaban J connectivity index is 3.05. The van der Waals surface area contributed by atoms with Crippen molar-refractivity contribution in [1.82, 2.24) is 0 Å². The standard InChI is InChI=1S/C9H11NO5S/c1-2-14-9(11)7-5-3-4-6-8(7)15-16(10,12)13/h3-6H,2H2,1H3,(H2,10,12,13). The van der Waals surface area contributed by atoms with Crippen molar-refractivity contribution in [2.75, 3.05) is 6.61 Å². The van der Waals surface area contributed by atoms with Crippen LogP contribution in [0.4, 0.5) is 0 Å². The number of carbonyl (C=O) groups excluding carboxylic acids is 1. The molecule has 1 aromatic carbocycles.